The number of esters is 1. The van der Waals surface area contributed by atoms with Gasteiger partial charge >= 0.3 is 5.97 Å². The van der Waals surface area contributed by atoms with E-state index in [-0.39, 0.29) is 5.97 Å². The molecule has 2 N–H and O–H groups in total. The lowest BCUT2D eigenvalue weighted by Crippen LogP contribution is -2.27. The summed E-state index contributed by atoms with van der Waals surface area (Å²) in [6.45, 7) is 6.04. The van der Waals surface area contributed by atoms with E-state index in [0.29, 0.717) is 6.42 Å². The number of unbranched alkanes of at least 4 members (excludes halogenated alkanes) is 8. The van der Waals surface area contributed by atoms with Crippen LogP contribution in [0.3, 0.4) is 0 Å². The minimum atomic E-state index is -1.59. The number of rotatable bonds is 14. The molecular weight excluding hydrogens is 280 g/mol. The predicted molar refractivity (Wildman–Crippen MR) is 89.4 cm³/mol. The standard InChI is InChI=1S/C18H36O4/c1-15(2)13-11-9-7-5-4-6-8-10-12-14-17(19)22-16(3)18(20)21/h15-16,18,20-21H,4-14H2,1-3H3. The molecule has 0 aliphatic carbocycles. The van der Waals surface area contributed by atoms with Gasteiger partial charge in [-0.2, -0.15) is 0 Å². The van der Waals surface area contributed by atoms with Crippen molar-refractivity contribution in [1.29, 1.82) is 0 Å². The second-order valence-corrected chi connectivity index (χ2v) is 6.72. The van der Waals surface area contributed by atoms with Crippen molar-refractivity contribution in [2.75, 3.05) is 0 Å². The molecule has 1 unspecified atom stereocenters. The van der Waals surface area contributed by atoms with Crippen LogP contribution < -0.4 is 0 Å². The summed E-state index contributed by atoms with van der Waals surface area (Å²) in [6, 6.07) is 0. The Labute approximate surface area is 136 Å². The van der Waals surface area contributed by atoms with Gasteiger partial charge in [-0.15, -0.1) is 0 Å². The van der Waals surface area contributed by atoms with Crippen LogP contribution in [0.1, 0.15) is 91.4 Å². The molecule has 4 heteroatoms. The smallest absolute Gasteiger partial charge is 0.306 e. The van der Waals surface area contributed by atoms with E-state index in [1.807, 2.05) is 0 Å². The van der Waals surface area contributed by atoms with Crippen molar-refractivity contribution in [3.05, 3.63) is 0 Å². The van der Waals surface area contributed by atoms with Crippen molar-refractivity contribution in [2.24, 2.45) is 5.92 Å². The first-order chi connectivity index (χ1) is 10.4. The Bertz CT molecular complexity index is 264. The normalized spacial score (nSPS) is 12.9. The van der Waals surface area contributed by atoms with Gasteiger partial charge in [0.05, 0.1) is 0 Å². The van der Waals surface area contributed by atoms with Crippen LogP contribution >= 0.6 is 0 Å². The molecule has 22 heavy (non-hydrogen) atoms. The van der Waals surface area contributed by atoms with E-state index in [1.54, 1.807) is 0 Å². The Morgan fingerprint density at radius 1 is 0.818 bits per heavy atom. The lowest BCUT2D eigenvalue weighted by atomic mass is 10.0. The highest BCUT2D eigenvalue weighted by atomic mass is 16.6. The zero-order valence-electron chi connectivity index (χ0n) is 14.7. The first-order valence-electron chi connectivity index (χ1n) is 8.99. The molecule has 132 valence electrons. The van der Waals surface area contributed by atoms with Gasteiger partial charge in [-0.3, -0.25) is 4.79 Å². The first kappa shape index (κ1) is 21.4. The maximum atomic E-state index is 11.4. The van der Waals surface area contributed by atoms with E-state index in [0.717, 1.165) is 25.2 Å². The van der Waals surface area contributed by atoms with Crippen LogP contribution in [0.5, 0.6) is 0 Å². The Morgan fingerprint density at radius 3 is 1.73 bits per heavy atom. The highest BCUT2D eigenvalue weighted by Gasteiger charge is 2.15. The molecule has 0 saturated heterocycles. The maximum Gasteiger partial charge on any atom is 0.306 e. The van der Waals surface area contributed by atoms with Gasteiger partial charge in [0.2, 0.25) is 0 Å². The largest absolute Gasteiger partial charge is 0.457 e. The van der Waals surface area contributed by atoms with Crippen LogP contribution in [0.4, 0.5) is 0 Å². The van der Waals surface area contributed by atoms with Crippen molar-refractivity contribution in [2.45, 2.75) is 104 Å². The molecule has 0 spiro atoms. The van der Waals surface area contributed by atoms with Crippen LogP contribution in [0, 0.1) is 5.92 Å². The Balaban J connectivity index is 3.25. The predicted octanol–water partition coefficient (Wildman–Crippen LogP) is 4.18. The van der Waals surface area contributed by atoms with Gasteiger partial charge in [0.15, 0.2) is 6.29 Å². The van der Waals surface area contributed by atoms with Crippen molar-refractivity contribution >= 4 is 5.97 Å². The summed E-state index contributed by atoms with van der Waals surface area (Å²) in [5.74, 6) is 0.487. The Kier molecular flexibility index (Phi) is 13.6. The molecule has 0 aliphatic rings. The molecule has 0 radical (unpaired) electrons. The SMILES string of the molecule is CC(C)CCCCCCCCCCCC(=O)OC(C)C(O)O. The van der Waals surface area contributed by atoms with Crippen molar-refractivity contribution in [3.8, 4) is 0 Å². The van der Waals surface area contributed by atoms with Gasteiger partial charge in [-0.1, -0.05) is 71.6 Å². The van der Waals surface area contributed by atoms with E-state index in [2.05, 4.69) is 13.8 Å². The number of aliphatic hydroxyl groups excluding tert-OH is 1. The Morgan fingerprint density at radius 2 is 1.27 bits per heavy atom. The molecule has 0 bridgehead atoms. The average molecular weight is 316 g/mol. The number of hydrogen-bond acceptors (Lipinski definition) is 4. The van der Waals surface area contributed by atoms with Crippen LogP contribution in [-0.2, 0) is 9.53 Å². The number of carbonyl (C=O) groups excluding carboxylic acids is 1. The third kappa shape index (κ3) is 14.3. The minimum Gasteiger partial charge on any atom is -0.457 e. The summed E-state index contributed by atoms with van der Waals surface area (Å²) in [5, 5.41) is 17.6. The Hall–Kier alpha value is -0.610. The second kappa shape index (κ2) is 14.0. The molecule has 0 amide bonds. The number of hydrogen-bond donors (Lipinski definition) is 2. The number of aliphatic hydroxyl groups is 2. The van der Waals surface area contributed by atoms with E-state index in [9.17, 15) is 4.79 Å². The number of carbonyl (C=O) groups is 1. The summed E-state index contributed by atoms with van der Waals surface area (Å²) < 4.78 is 4.87. The highest BCUT2D eigenvalue weighted by molar-refractivity contribution is 5.69. The first-order valence-corrected chi connectivity index (χ1v) is 8.99. The van der Waals surface area contributed by atoms with Crippen LogP contribution in [0.2, 0.25) is 0 Å². The summed E-state index contributed by atoms with van der Waals surface area (Å²) in [4.78, 5) is 11.4. The van der Waals surface area contributed by atoms with Crippen molar-refractivity contribution in [3.63, 3.8) is 0 Å². The summed E-state index contributed by atoms with van der Waals surface area (Å²) in [5.41, 5.74) is 0. The molecular formula is C18H36O4. The maximum absolute atomic E-state index is 11.4. The van der Waals surface area contributed by atoms with Gasteiger partial charge in [0.25, 0.3) is 0 Å². The molecule has 0 aromatic rings. The molecule has 0 rings (SSSR count). The molecule has 0 aromatic carbocycles. The topological polar surface area (TPSA) is 66.8 Å². The second-order valence-electron chi connectivity index (χ2n) is 6.72. The van der Waals surface area contributed by atoms with Crippen LogP contribution in [0.15, 0.2) is 0 Å². The van der Waals surface area contributed by atoms with E-state index in [4.69, 9.17) is 14.9 Å². The van der Waals surface area contributed by atoms with Crippen LogP contribution in [0.25, 0.3) is 0 Å². The van der Waals surface area contributed by atoms with Gasteiger partial charge in [0, 0.05) is 6.42 Å². The zero-order valence-corrected chi connectivity index (χ0v) is 14.7. The van der Waals surface area contributed by atoms with Gasteiger partial charge in [-0.05, 0) is 19.3 Å². The minimum absolute atomic E-state index is 0.342. The van der Waals surface area contributed by atoms with E-state index < -0.39 is 12.4 Å². The van der Waals surface area contributed by atoms with E-state index in [1.165, 1.54) is 51.9 Å². The lowest BCUT2D eigenvalue weighted by molar-refractivity contribution is -0.172. The average Bonchev–Trinajstić information content (AvgIpc) is 2.44. The summed E-state index contributed by atoms with van der Waals surface area (Å²) in [7, 11) is 0. The highest BCUT2D eigenvalue weighted by Crippen LogP contribution is 2.13. The van der Waals surface area contributed by atoms with Gasteiger partial charge in [0.1, 0.15) is 6.10 Å². The molecule has 0 aliphatic heterocycles. The van der Waals surface area contributed by atoms with Gasteiger partial charge < -0.3 is 14.9 Å². The third-order valence-electron chi connectivity index (χ3n) is 3.90. The van der Waals surface area contributed by atoms with Crippen molar-refractivity contribution in [1.82, 2.24) is 0 Å². The van der Waals surface area contributed by atoms with Gasteiger partial charge in [-0.25, -0.2) is 0 Å². The molecule has 0 saturated carbocycles. The molecule has 0 aromatic heterocycles. The fourth-order valence-corrected chi connectivity index (χ4v) is 2.39. The number of ether oxygens (including phenoxy) is 1. The molecule has 1 atom stereocenters. The van der Waals surface area contributed by atoms with E-state index >= 15 is 0 Å². The fourth-order valence-electron chi connectivity index (χ4n) is 2.39. The molecule has 0 heterocycles. The molecule has 4 nitrogen and oxygen atoms in total. The van der Waals surface area contributed by atoms with Crippen molar-refractivity contribution < 1.29 is 19.7 Å². The monoisotopic (exact) mass is 316 g/mol. The summed E-state index contributed by atoms with van der Waals surface area (Å²) >= 11 is 0. The summed E-state index contributed by atoms with van der Waals surface area (Å²) in [6.07, 6.45) is 10.2. The quantitative estimate of drug-likeness (QED) is 0.287. The third-order valence-corrected chi connectivity index (χ3v) is 3.90. The lowest BCUT2D eigenvalue weighted by Gasteiger charge is -2.14. The van der Waals surface area contributed by atoms with Crippen LogP contribution in [-0.4, -0.2) is 28.6 Å². The molecule has 0 fully saturated rings. The fraction of sp³-hybridized carbons (Fsp3) is 0.944. The zero-order chi connectivity index (χ0) is 16.8.